The molecule has 16 heteroatoms. The molecule has 1 aliphatic heterocycles. The van der Waals surface area contributed by atoms with Gasteiger partial charge in [0.25, 0.3) is 0 Å². The predicted octanol–water partition coefficient (Wildman–Crippen LogP) is 4.70. The Morgan fingerprint density at radius 1 is 1.10 bits per heavy atom. The second kappa shape index (κ2) is 14.2. The summed E-state index contributed by atoms with van der Waals surface area (Å²) in [4.78, 5) is 26.2. The van der Waals surface area contributed by atoms with Crippen molar-refractivity contribution in [3.63, 3.8) is 0 Å². The first-order chi connectivity index (χ1) is 24.2. The van der Waals surface area contributed by atoms with Gasteiger partial charge in [0, 0.05) is 5.39 Å². The number of fused-ring (bicyclic) bond motifs is 2. The molecule has 270 valence electrons. The fourth-order valence-corrected chi connectivity index (χ4v) is 7.21. The first-order valence-corrected chi connectivity index (χ1v) is 17.7. The molecule has 5 aromatic rings. The van der Waals surface area contributed by atoms with Gasteiger partial charge in [-0.2, -0.15) is 15.1 Å². The molecule has 6 rings (SSSR count). The molecule has 0 saturated carbocycles. The molecule has 1 aliphatic rings. The zero-order valence-electron chi connectivity index (χ0n) is 28.8. The number of benzene rings is 3. The molecule has 1 saturated heterocycles. The maximum atomic E-state index is 14.9. The molecule has 3 heterocycles. The van der Waals surface area contributed by atoms with E-state index in [-0.39, 0.29) is 40.8 Å². The number of methoxy groups -OCH3 is 1. The highest BCUT2D eigenvalue weighted by atomic mass is 31.2. The summed E-state index contributed by atoms with van der Waals surface area (Å²) in [7, 11) is -3.14. The van der Waals surface area contributed by atoms with Gasteiger partial charge in [0.15, 0.2) is 17.4 Å². The number of anilines is 1. The Hall–Kier alpha value is -4.63. The highest BCUT2D eigenvalue weighted by Crippen LogP contribution is 2.50. The Labute approximate surface area is 294 Å². The largest absolute Gasteiger partial charge is 0.479 e. The first-order valence-electron chi connectivity index (χ1n) is 16.2. The lowest BCUT2D eigenvalue weighted by atomic mass is 9.96. The Morgan fingerprint density at radius 3 is 2.53 bits per heavy atom. The van der Waals surface area contributed by atoms with Crippen LogP contribution in [0.2, 0.25) is 0 Å². The van der Waals surface area contributed by atoms with Crippen LogP contribution in [0.5, 0.6) is 11.6 Å². The first kappa shape index (κ1) is 36.2. The minimum atomic E-state index is -4.54. The number of nitrogens with zero attached hydrogens (tertiary/aromatic N) is 4. The fourth-order valence-electron chi connectivity index (χ4n) is 5.70. The van der Waals surface area contributed by atoms with Crippen LogP contribution in [0.3, 0.4) is 0 Å². The van der Waals surface area contributed by atoms with Crippen LogP contribution in [0.15, 0.2) is 79.1 Å². The summed E-state index contributed by atoms with van der Waals surface area (Å²) in [5.74, 6) is -0.482. The van der Waals surface area contributed by atoms with E-state index in [2.05, 4.69) is 20.0 Å². The smallest absolute Gasteiger partial charge is 0.459 e. The number of carbonyl (C=O) groups excluding carboxylic acids is 1. The number of hydrogen-bond acceptors (Lipinski definition) is 13. The molecule has 2 aromatic heterocycles. The molecule has 51 heavy (non-hydrogen) atoms. The highest BCUT2D eigenvalue weighted by molar-refractivity contribution is 7.52. The van der Waals surface area contributed by atoms with Gasteiger partial charge < -0.3 is 34.7 Å². The van der Waals surface area contributed by atoms with Crippen molar-refractivity contribution in [2.45, 2.75) is 57.8 Å². The van der Waals surface area contributed by atoms with Gasteiger partial charge >= 0.3 is 13.7 Å². The SMILES string of the molecule is COc1nc(N)nc2c1ncn2C1O[C@H](COP(=O)(N[C@@H](C(=O)OCC(C)(C)C)c2ccccc2)Oc2cccc3ccccc23)[C@@H](O)[C@@]1(C)O. The van der Waals surface area contributed by atoms with Crippen LogP contribution in [0.25, 0.3) is 21.9 Å². The van der Waals surface area contributed by atoms with Crippen LogP contribution in [0.4, 0.5) is 5.95 Å². The van der Waals surface area contributed by atoms with Gasteiger partial charge in [-0.1, -0.05) is 87.5 Å². The number of nitrogens with two attached hydrogens (primary N) is 1. The number of nitrogens with one attached hydrogen (secondary N) is 1. The third-order valence-electron chi connectivity index (χ3n) is 8.29. The molecule has 2 unspecified atom stereocenters. The van der Waals surface area contributed by atoms with Crippen LogP contribution < -0.4 is 20.1 Å². The quantitative estimate of drug-likeness (QED) is 0.102. The number of carbonyl (C=O) groups is 1. The summed E-state index contributed by atoms with van der Waals surface area (Å²) in [6.45, 7) is 6.68. The number of aliphatic hydroxyl groups is 2. The number of nitrogen functional groups attached to an aromatic ring is 1. The second-order valence-corrected chi connectivity index (χ2v) is 15.3. The molecule has 1 fully saturated rings. The van der Waals surface area contributed by atoms with Gasteiger partial charge in [0.1, 0.15) is 29.6 Å². The van der Waals surface area contributed by atoms with Gasteiger partial charge in [0.2, 0.25) is 11.8 Å². The van der Waals surface area contributed by atoms with Crippen molar-refractivity contribution in [3.8, 4) is 11.6 Å². The summed E-state index contributed by atoms with van der Waals surface area (Å²) < 4.78 is 45.6. The predicted molar refractivity (Wildman–Crippen MR) is 188 cm³/mol. The Morgan fingerprint density at radius 2 is 1.80 bits per heavy atom. The molecule has 0 aliphatic carbocycles. The Bertz CT molecular complexity index is 2060. The molecular formula is C35H41N6O9P. The van der Waals surface area contributed by atoms with E-state index in [1.54, 1.807) is 48.5 Å². The zero-order chi connectivity index (χ0) is 36.6. The average Bonchev–Trinajstić information content (AvgIpc) is 3.61. The molecule has 5 N–H and O–H groups in total. The molecule has 0 amide bonds. The molecule has 15 nitrogen and oxygen atoms in total. The minimum absolute atomic E-state index is 0.0934. The van der Waals surface area contributed by atoms with E-state index >= 15 is 0 Å². The molecule has 0 radical (unpaired) electrons. The van der Waals surface area contributed by atoms with Crippen LogP contribution >= 0.6 is 7.75 Å². The van der Waals surface area contributed by atoms with Crippen molar-refractivity contribution < 1.29 is 42.8 Å². The highest BCUT2D eigenvalue weighted by Gasteiger charge is 2.54. The topological polar surface area (TPSA) is 202 Å². The number of aliphatic hydroxyl groups excluding tert-OH is 1. The number of hydrogen-bond donors (Lipinski definition) is 4. The Balaban J connectivity index is 1.33. The van der Waals surface area contributed by atoms with Crippen molar-refractivity contribution in [1.29, 1.82) is 0 Å². The Kier molecular flexibility index (Phi) is 10.1. The summed E-state index contributed by atoms with van der Waals surface area (Å²) in [5, 5.41) is 27.1. The third-order valence-corrected chi connectivity index (χ3v) is 9.79. The standard InChI is InChI=1S/C35H41N6O9P/c1-34(2,3)19-47-31(43)26(22-13-7-6-8-14-22)40-51(45,50-24-17-11-15-21-12-9-10-16-23(21)24)48-18-25-28(42)35(4,44)32(49-25)41-20-37-27-29(41)38-33(36)39-30(27)46-5/h6-17,20,25-26,28,32,42,44H,18-19H2,1-5H3,(H,40,45)(H2,36,38,39)/t25-,26-,28-,32?,35-,51?/m1/s1. The van der Waals surface area contributed by atoms with Gasteiger partial charge in [-0.15, -0.1) is 0 Å². The maximum absolute atomic E-state index is 14.9. The molecule has 3 aromatic carbocycles. The molecule has 0 bridgehead atoms. The van der Waals surface area contributed by atoms with Gasteiger partial charge in [0.05, 0.1) is 26.7 Å². The summed E-state index contributed by atoms with van der Waals surface area (Å²) in [6.07, 6.45) is -2.72. The van der Waals surface area contributed by atoms with Crippen LogP contribution in [-0.4, -0.2) is 73.8 Å². The van der Waals surface area contributed by atoms with Crippen molar-refractivity contribution in [1.82, 2.24) is 24.6 Å². The van der Waals surface area contributed by atoms with Crippen LogP contribution in [-0.2, 0) is 23.4 Å². The number of aromatic nitrogens is 4. The van der Waals surface area contributed by atoms with E-state index in [0.717, 1.165) is 5.39 Å². The lowest BCUT2D eigenvalue weighted by molar-refractivity contribution is -0.148. The lowest BCUT2D eigenvalue weighted by Gasteiger charge is -2.28. The molecule has 6 atom stereocenters. The van der Waals surface area contributed by atoms with Crippen LogP contribution in [0.1, 0.15) is 45.5 Å². The van der Waals surface area contributed by atoms with Crippen molar-refractivity contribution in [3.05, 3.63) is 84.7 Å². The number of imidazole rings is 1. The summed E-state index contributed by atoms with van der Waals surface area (Å²) >= 11 is 0. The van der Waals surface area contributed by atoms with E-state index in [0.29, 0.717) is 10.9 Å². The lowest BCUT2D eigenvalue weighted by Crippen LogP contribution is -2.44. The molecule has 0 spiro atoms. The fraction of sp³-hybridized carbons (Fsp3) is 0.371. The van der Waals surface area contributed by atoms with E-state index in [1.165, 1.54) is 24.9 Å². The average molecular weight is 721 g/mol. The van der Waals surface area contributed by atoms with Crippen LogP contribution in [0, 0.1) is 5.41 Å². The summed E-state index contributed by atoms with van der Waals surface area (Å²) in [6, 6.07) is 19.9. The molecular weight excluding hydrogens is 679 g/mol. The van der Waals surface area contributed by atoms with E-state index < -0.39 is 50.4 Å². The maximum Gasteiger partial charge on any atom is 0.459 e. The van der Waals surface area contributed by atoms with Gasteiger partial charge in [-0.05, 0) is 29.4 Å². The number of esters is 1. The zero-order valence-corrected chi connectivity index (χ0v) is 29.7. The third kappa shape index (κ3) is 7.69. The monoisotopic (exact) mass is 720 g/mol. The number of ether oxygens (including phenoxy) is 3. The van der Waals surface area contributed by atoms with Gasteiger partial charge in [-0.3, -0.25) is 9.09 Å². The van der Waals surface area contributed by atoms with E-state index in [4.69, 9.17) is 29.0 Å². The second-order valence-electron chi connectivity index (χ2n) is 13.6. The van der Waals surface area contributed by atoms with E-state index in [1.807, 2.05) is 45.0 Å². The van der Waals surface area contributed by atoms with E-state index in [9.17, 15) is 19.6 Å². The van der Waals surface area contributed by atoms with Crippen molar-refractivity contribution in [2.75, 3.05) is 26.1 Å². The summed E-state index contributed by atoms with van der Waals surface area (Å²) in [5.41, 5.74) is 4.50. The number of rotatable bonds is 12. The van der Waals surface area contributed by atoms with Gasteiger partial charge in [-0.25, -0.2) is 14.3 Å². The van der Waals surface area contributed by atoms with Crippen molar-refractivity contribution >= 4 is 41.6 Å². The normalized spacial score (nSPS) is 22.5. The minimum Gasteiger partial charge on any atom is -0.479 e. The van der Waals surface area contributed by atoms with Crippen molar-refractivity contribution in [2.24, 2.45) is 5.41 Å².